The van der Waals surface area contributed by atoms with E-state index >= 15 is 0 Å². The van der Waals surface area contributed by atoms with Crippen LogP contribution in [-0.2, 0) is 9.53 Å². The number of rotatable bonds is 8. The Bertz CT molecular complexity index is 559. The maximum atomic E-state index is 11.2. The molecular weight excluding hydrogens is 302 g/mol. The fourth-order valence-electron chi connectivity index (χ4n) is 1.71. The van der Waals surface area contributed by atoms with Crippen molar-refractivity contribution in [3.05, 3.63) is 66.8 Å². The van der Waals surface area contributed by atoms with Gasteiger partial charge in [-0.3, -0.25) is 4.79 Å². The number of unbranched alkanes of at least 4 members (excludes halogenated alkanes) is 1. The molecule has 0 bridgehead atoms. The molecule has 0 saturated carbocycles. The lowest BCUT2D eigenvalue weighted by atomic mass is 10.2. The van der Waals surface area contributed by atoms with Crippen LogP contribution in [0.1, 0.15) is 37.0 Å². The highest BCUT2D eigenvalue weighted by molar-refractivity contribution is 5.90. The number of nitrogens with zero attached hydrogens (tertiary/aromatic N) is 1. The Morgan fingerprint density at radius 3 is 2.29 bits per heavy atom. The monoisotopic (exact) mass is 329 g/mol. The van der Waals surface area contributed by atoms with Crippen molar-refractivity contribution in [1.29, 1.82) is 0 Å². The van der Waals surface area contributed by atoms with Gasteiger partial charge in [-0.05, 0) is 37.6 Å². The van der Waals surface area contributed by atoms with Gasteiger partial charge >= 0.3 is 5.97 Å². The molecule has 0 fully saturated rings. The summed E-state index contributed by atoms with van der Waals surface area (Å²) in [5.41, 5.74) is 2.33. The molecule has 0 N–H and O–H groups in total. The maximum absolute atomic E-state index is 11.2. The number of hydrogen-bond donors (Lipinski definition) is 0. The summed E-state index contributed by atoms with van der Waals surface area (Å²) >= 11 is 0. The molecule has 0 unspecified atom stereocenters. The first-order valence-corrected chi connectivity index (χ1v) is 7.85. The molecule has 4 heteroatoms. The minimum atomic E-state index is -0.372. The molecule has 1 aromatic rings. The minimum absolute atomic E-state index is 0.372. The topological polar surface area (TPSA) is 46.6 Å². The van der Waals surface area contributed by atoms with E-state index in [1.54, 1.807) is 35.2 Å². The first-order valence-electron chi connectivity index (χ1n) is 7.85. The fraction of sp³-hybridized carbons (Fsp3) is 0.300. The van der Waals surface area contributed by atoms with Gasteiger partial charge in [0.05, 0.1) is 12.7 Å². The zero-order valence-corrected chi connectivity index (χ0v) is 14.8. The molecule has 0 aliphatic carbocycles. The van der Waals surface area contributed by atoms with Gasteiger partial charge in [-0.25, -0.2) is 4.79 Å². The summed E-state index contributed by atoms with van der Waals surface area (Å²) in [5, 5.41) is 0. The number of carbonyl (C=O) groups excluding carboxylic acids is 2. The lowest BCUT2D eigenvalue weighted by Crippen LogP contribution is -2.22. The van der Waals surface area contributed by atoms with Crippen molar-refractivity contribution in [2.24, 2.45) is 0 Å². The number of esters is 1. The van der Waals surface area contributed by atoms with Crippen LogP contribution in [0.4, 0.5) is 5.69 Å². The van der Waals surface area contributed by atoms with Crippen molar-refractivity contribution >= 4 is 18.1 Å². The number of carbonyl (C=O) groups is 2. The van der Waals surface area contributed by atoms with Crippen LogP contribution in [0.5, 0.6) is 0 Å². The van der Waals surface area contributed by atoms with Crippen molar-refractivity contribution in [2.45, 2.75) is 26.7 Å². The van der Waals surface area contributed by atoms with Gasteiger partial charge in [-0.2, -0.15) is 0 Å². The lowest BCUT2D eigenvalue weighted by molar-refractivity contribution is -0.107. The highest BCUT2D eigenvalue weighted by Gasteiger charge is 2.07. The summed E-state index contributed by atoms with van der Waals surface area (Å²) in [6.07, 6.45) is 8.30. The van der Waals surface area contributed by atoms with E-state index in [1.807, 2.05) is 19.1 Å². The summed E-state index contributed by atoms with van der Waals surface area (Å²) in [7, 11) is 1.34. The van der Waals surface area contributed by atoms with Gasteiger partial charge in [-0.15, -0.1) is 0 Å². The second-order valence-corrected chi connectivity index (χ2v) is 5.13. The smallest absolute Gasteiger partial charge is 0.337 e. The Hall–Kier alpha value is -2.62. The minimum Gasteiger partial charge on any atom is -0.465 e. The van der Waals surface area contributed by atoms with E-state index in [4.69, 9.17) is 0 Å². The van der Waals surface area contributed by atoms with Crippen molar-refractivity contribution < 1.29 is 14.3 Å². The molecule has 4 nitrogen and oxygen atoms in total. The molecule has 0 aliphatic heterocycles. The molecule has 0 aliphatic rings. The number of amides is 1. The Morgan fingerprint density at radius 2 is 1.92 bits per heavy atom. The summed E-state index contributed by atoms with van der Waals surface area (Å²) in [6.45, 7) is 11.9. The number of anilines is 1. The normalized spacial score (nSPS) is 9.62. The molecule has 0 spiro atoms. The third-order valence-electron chi connectivity index (χ3n) is 3.02. The average Bonchev–Trinajstić information content (AvgIpc) is 2.61. The van der Waals surface area contributed by atoms with Crippen LogP contribution in [0.15, 0.2) is 61.2 Å². The number of ether oxygens (including phenoxy) is 1. The predicted octanol–water partition coefficient (Wildman–Crippen LogP) is 4.54. The summed E-state index contributed by atoms with van der Waals surface area (Å²) in [6, 6.07) is 6.81. The van der Waals surface area contributed by atoms with Crippen LogP contribution in [-0.4, -0.2) is 26.0 Å². The standard InChI is InChI=1S/C13H17NO3.C7H10/c1-3-4-9-14(10-15)12-7-5-11(6-8-12)13(16)17-2;1-4-5-6-7(2)3/h5-8,10H,3-4,9H2,1-2H3;4-6H,1-2H2,3H3/b;6-5-. The van der Waals surface area contributed by atoms with E-state index < -0.39 is 0 Å². The molecule has 0 aromatic heterocycles. The maximum Gasteiger partial charge on any atom is 0.337 e. The molecule has 0 saturated heterocycles. The van der Waals surface area contributed by atoms with Crippen LogP contribution in [0.3, 0.4) is 0 Å². The number of methoxy groups -OCH3 is 1. The van der Waals surface area contributed by atoms with Gasteiger partial charge in [0.15, 0.2) is 0 Å². The fourth-order valence-corrected chi connectivity index (χ4v) is 1.71. The zero-order valence-electron chi connectivity index (χ0n) is 14.8. The number of benzene rings is 1. The van der Waals surface area contributed by atoms with Crippen LogP contribution in [0.25, 0.3) is 0 Å². The Balaban J connectivity index is 0.000000640. The molecular formula is C20H27NO3. The van der Waals surface area contributed by atoms with Gasteiger partial charge in [0.1, 0.15) is 0 Å². The second kappa shape index (κ2) is 12.9. The van der Waals surface area contributed by atoms with Crippen LogP contribution < -0.4 is 4.90 Å². The van der Waals surface area contributed by atoms with E-state index in [-0.39, 0.29) is 5.97 Å². The van der Waals surface area contributed by atoms with Gasteiger partial charge < -0.3 is 9.64 Å². The van der Waals surface area contributed by atoms with E-state index in [0.29, 0.717) is 12.1 Å². The van der Waals surface area contributed by atoms with Crippen molar-refractivity contribution in [2.75, 3.05) is 18.6 Å². The van der Waals surface area contributed by atoms with E-state index in [2.05, 4.69) is 24.8 Å². The molecule has 1 amide bonds. The van der Waals surface area contributed by atoms with Gasteiger partial charge in [-0.1, -0.05) is 50.3 Å². The quantitative estimate of drug-likeness (QED) is 0.399. The lowest BCUT2D eigenvalue weighted by Gasteiger charge is -2.17. The predicted molar refractivity (Wildman–Crippen MR) is 100 cm³/mol. The molecule has 1 aromatic carbocycles. The SMILES string of the molecule is C=C/C=C\C(=C)C.CCCCN(C=O)c1ccc(C(=O)OC)cc1. The first kappa shape index (κ1) is 21.4. The van der Waals surface area contributed by atoms with Gasteiger partial charge in [0, 0.05) is 12.2 Å². The molecule has 0 radical (unpaired) electrons. The third kappa shape index (κ3) is 8.73. The molecule has 130 valence electrons. The van der Waals surface area contributed by atoms with Crippen LogP contribution in [0.2, 0.25) is 0 Å². The zero-order chi connectivity index (χ0) is 18.4. The summed E-state index contributed by atoms with van der Waals surface area (Å²) < 4.78 is 4.61. The molecule has 0 heterocycles. The van der Waals surface area contributed by atoms with Crippen LogP contribution in [0, 0.1) is 0 Å². The first-order chi connectivity index (χ1) is 11.5. The molecule has 1 rings (SSSR count). The summed E-state index contributed by atoms with van der Waals surface area (Å²) in [5.74, 6) is -0.372. The molecule has 0 atom stereocenters. The van der Waals surface area contributed by atoms with E-state index in [1.165, 1.54) is 7.11 Å². The van der Waals surface area contributed by atoms with Crippen LogP contribution >= 0.6 is 0 Å². The van der Waals surface area contributed by atoms with Crippen molar-refractivity contribution in [3.63, 3.8) is 0 Å². The molecule has 24 heavy (non-hydrogen) atoms. The Labute approximate surface area is 145 Å². The number of hydrogen-bond acceptors (Lipinski definition) is 3. The summed E-state index contributed by atoms with van der Waals surface area (Å²) in [4.78, 5) is 23.8. The number of allylic oxidation sites excluding steroid dienone is 4. The highest BCUT2D eigenvalue weighted by Crippen LogP contribution is 2.15. The highest BCUT2D eigenvalue weighted by atomic mass is 16.5. The Kier molecular flexibility index (Phi) is 11.5. The van der Waals surface area contributed by atoms with Gasteiger partial charge in [0.25, 0.3) is 0 Å². The van der Waals surface area contributed by atoms with E-state index in [0.717, 1.165) is 30.5 Å². The van der Waals surface area contributed by atoms with E-state index in [9.17, 15) is 9.59 Å². The largest absolute Gasteiger partial charge is 0.465 e. The van der Waals surface area contributed by atoms with Crippen molar-refractivity contribution in [3.8, 4) is 0 Å². The Morgan fingerprint density at radius 1 is 1.29 bits per heavy atom. The van der Waals surface area contributed by atoms with Crippen molar-refractivity contribution in [1.82, 2.24) is 0 Å². The average molecular weight is 329 g/mol. The second-order valence-electron chi connectivity index (χ2n) is 5.13. The third-order valence-corrected chi connectivity index (χ3v) is 3.02. The van der Waals surface area contributed by atoms with Gasteiger partial charge in [0.2, 0.25) is 6.41 Å².